The van der Waals surface area contributed by atoms with Gasteiger partial charge in [0.05, 0.1) is 5.60 Å². The quantitative estimate of drug-likeness (QED) is 0.522. The maximum atomic E-state index is 13.2. The Morgan fingerprint density at radius 2 is 2.06 bits per heavy atom. The number of nitrogens with one attached hydrogen (secondary N) is 1. The molecule has 7 nitrogen and oxygen atoms in total. The number of aliphatic hydroxyl groups is 1. The van der Waals surface area contributed by atoms with Crippen molar-refractivity contribution in [2.24, 2.45) is 11.8 Å². The summed E-state index contributed by atoms with van der Waals surface area (Å²) < 4.78 is 0. The molecule has 2 fully saturated rings. The summed E-state index contributed by atoms with van der Waals surface area (Å²) in [4.78, 5) is 19.9. The van der Waals surface area contributed by atoms with E-state index >= 15 is 0 Å². The van der Waals surface area contributed by atoms with Crippen molar-refractivity contribution >= 4 is 11.7 Å². The smallest absolute Gasteiger partial charge is 0.252 e. The molecule has 2 bridgehead atoms. The van der Waals surface area contributed by atoms with Crippen LogP contribution in [-0.4, -0.2) is 55.8 Å². The van der Waals surface area contributed by atoms with Crippen molar-refractivity contribution < 1.29 is 20.1 Å². The molecule has 2 aromatic rings. The molecule has 1 aliphatic heterocycles. The van der Waals surface area contributed by atoms with E-state index in [4.69, 9.17) is 0 Å². The molecule has 1 amide bonds. The van der Waals surface area contributed by atoms with Gasteiger partial charge in [-0.3, -0.25) is 9.69 Å². The second-order valence-corrected chi connectivity index (χ2v) is 10.6. The zero-order valence-electron chi connectivity index (χ0n) is 19.4. The lowest BCUT2D eigenvalue weighted by Gasteiger charge is -2.65. The predicted octanol–water partition coefficient (Wildman–Crippen LogP) is 3.11. The number of benzene rings is 1. The predicted molar refractivity (Wildman–Crippen MR) is 128 cm³/mol. The third-order valence-electron chi connectivity index (χ3n) is 8.74. The Balaban J connectivity index is 1.45. The number of phenols is 2. The number of aromatic hydroxyl groups is 2. The number of pyridine rings is 1. The van der Waals surface area contributed by atoms with Crippen LogP contribution in [0.1, 0.15) is 43.7 Å². The van der Waals surface area contributed by atoms with Crippen molar-refractivity contribution in [3.8, 4) is 11.5 Å². The standard InChI is InChI=1S/C27H31N3O4/c1-16-12-19(25(33)29-22-4-2-3-10-28-22)14-27(34)21-13-18-7-8-20(31)24(32)23(18)26(16,27)9-11-30(21)15-17-5-6-17/h2-4,7-8,10,12,16-17,21,31-32,34H,5-6,9,11,13-15H2,1H3,(H,28,29,33)/t16-,21+,26+,27+/m0/s1. The molecule has 3 aliphatic carbocycles. The molecule has 1 aromatic carbocycles. The summed E-state index contributed by atoms with van der Waals surface area (Å²) in [5.74, 6) is 0.380. The summed E-state index contributed by atoms with van der Waals surface area (Å²) >= 11 is 0. The van der Waals surface area contributed by atoms with Crippen molar-refractivity contribution in [3.63, 3.8) is 0 Å². The average molecular weight is 462 g/mol. The van der Waals surface area contributed by atoms with Gasteiger partial charge in [-0.15, -0.1) is 0 Å². The number of fused-ring (bicyclic) bond motifs is 1. The van der Waals surface area contributed by atoms with E-state index in [0.717, 1.165) is 18.7 Å². The number of aromatic nitrogens is 1. The number of nitrogens with zero attached hydrogens (tertiary/aromatic N) is 2. The molecule has 1 aromatic heterocycles. The van der Waals surface area contributed by atoms with Crippen LogP contribution in [0.2, 0.25) is 0 Å². The molecule has 1 saturated heterocycles. The van der Waals surface area contributed by atoms with Crippen LogP contribution in [0.3, 0.4) is 0 Å². The van der Waals surface area contributed by atoms with E-state index in [2.05, 4.69) is 15.2 Å². The number of allylic oxidation sites excluding steroid dienone is 1. The first-order chi connectivity index (χ1) is 16.3. The van der Waals surface area contributed by atoms with Crippen molar-refractivity contribution in [3.05, 3.63) is 59.3 Å². The lowest BCUT2D eigenvalue weighted by molar-refractivity contribution is -0.164. The monoisotopic (exact) mass is 461 g/mol. The highest BCUT2D eigenvalue weighted by Gasteiger charge is 2.67. The van der Waals surface area contributed by atoms with Gasteiger partial charge in [0.1, 0.15) is 5.82 Å². The summed E-state index contributed by atoms with van der Waals surface area (Å²) in [7, 11) is 0. The minimum atomic E-state index is -1.25. The van der Waals surface area contributed by atoms with Crippen molar-refractivity contribution in [1.82, 2.24) is 9.88 Å². The highest BCUT2D eigenvalue weighted by molar-refractivity contribution is 6.03. The largest absolute Gasteiger partial charge is 0.504 e. The molecule has 178 valence electrons. The van der Waals surface area contributed by atoms with E-state index < -0.39 is 11.0 Å². The zero-order valence-corrected chi connectivity index (χ0v) is 19.4. The van der Waals surface area contributed by atoms with Crippen LogP contribution in [0.4, 0.5) is 5.82 Å². The van der Waals surface area contributed by atoms with Crippen LogP contribution < -0.4 is 5.32 Å². The Morgan fingerprint density at radius 3 is 2.79 bits per heavy atom. The molecule has 0 radical (unpaired) electrons. The summed E-state index contributed by atoms with van der Waals surface area (Å²) in [5.41, 5.74) is 0.154. The molecular formula is C27H31N3O4. The van der Waals surface area contributed by atoms with Crippen LogP contribution in [0.5, 0.6) is 11.5 Å². The van der Waals surface area contributed by atoms with E-state index in [1.54, 1.807) is 24.4 Å². The highest BCUT2D eigenvalue weighted by Crippen LogP contribution is 2.62. The van der Waals surface area contributed by atoms with E-state index in [0.29, 0.717) is 35.7 Å². The lowest BCUT2D eigenvalue weighted by atomic mass is 9.46. The van der Waals surface area contributed by atoms with Crippen LogP contribution in [-0.2, 0) is 16.6 Å². The van der Waals surface area contributed by atoms with Gasteiger partial charge in [-0.25, -0.2) is 4.98 Å². The number of likely N-dealkylation sites (tertiary alicyclic amines) is 1. The first-order valence-corrected chi connectivity index (χ1v) is 12.3. The SMILES string of the molecule is C[C@H]1C=C(C(=O)Nc2ccccn2)C[C@@]2(O)[C@H]3Cc4ccc(O)c(O)c4[C@@]12CCN3CC1CC1. The van der Waals surface area contributed by atoms with E-state index in [9.17, 15) is 20.1 Å². The molecule has 4 atom stereocenters. The number of hydrogen-bond acceptors (Lipinski definition) is 6. The molecule has 0 spiro atoms. The Hall–Kier alpha value is -2.90. The molecule has 4 aliphatic rings. The zero-order chi connectivity index (χ0) is 23.7. The van der Waals surface area contributed by atoms with Crippen LogP contribution in [0, 0.1) is 11.8 Å². The van der Waals surface area contributed by atoms with E-state index in [-0.39, 0.29) is 35.8 Å². The molecule has 4 N–H and O–H groups in total. The lowest BCUT2D eigenvalue weighted by Crippen LogP contribution is -2.74. The number of anilines is 1. The molecular weight excluding hydrogens is 430 g/mol. The molecule has 7 heteroatoms. The third kappa shape index (κ3) is 3.03. The van der Waals surface area contributed by atoms with Crippen molar-refractivity contribution in [2.45, 2.75) is 56.1 Å². The van der Waals surface area contributed by atoms with Gasteiger partial charge in [0.2, 0.25) is 0 Å². The normalized spacial score (nSPS) is 32.4. The molecule has 34 heavy (non-hydrogen) atoms. The first kappa shape index (κ1) is 21.6. The van der Waals surface area contributed by atoms with Gasteiger partial charge < -0.3 is 20.6 Å². The van der Waals surface area contributed by atoms with Crippen LogP contribution in [0.15, 0.2) is 48.2 Å². The topological polar surface area (TPSA) is 106 Å². The summed E-state index contributed by atoms with van der Waals surface area (Å²) in [6, 6.07) is 8.62. The van der Waals surface area contributed by atoms with E-state index in [1.807, 2.05) is 25.1 Å². The minimum Gasteiger partial charge on any atom is -0.504 e. The van der Waals surface area contributed by atoms with E-state index in [1.165, 1.54) is 12.8 Å². The molecule has 0 unspecified atom stereocenters. The fraction of sp³-hybridized carbons (Fsp3) is 0.481. The molecule has 2 heterocycles. The van der Waals surface area contributed by atoms with Gasteiger partial charge in [-0.2, -0.15) is 0 Å². The van der Waals surface area contributed by atoms with Gasteiger partial charge in [-0.05, 0) is 67.8 Å². The average Bonchev–Trinajstić information content (AvgIpc) is 3.62. The Bertz CT molecular complexity index is 1180. The first-order valence-electron chi connectivity index (χ1n) is 12.3. The van der Waals surface area contributed by atoms with Crippen molar-refractivity contribution in [1.29, 1.82) is 0 Å². The number of piperidine rings is 1. The van der Waals surface area contributed by atoms with Gasteiger partial charge in [0, 0.05) is 41.8 Å². The summed E-state index contributed by atoms with van der Waals surface area (Å²) in [6.45, 7) is 3.80. The molecule has 1 saturated carbocycles. The van der Waals surface area contributed by atoms with Gasteiger partial charge in [0.15, 0.2) is 11.5 Å². The Morgan fingerprint density at radius 1 is 1.24 bits per heavy atom. The van der Waals surface area contributed by atoms with Gasteiger partial charge in [-0.1, -0.05) is 25.1 Å². The number of phenolic OH excluding ortho intramolecular Hbond substituents is 2. The fourth-order valence-corrected chi connectivity index (χ4v) is 6.99. The number of hydrogen-bond donors (Lipinski definition) is 4. The minimum absolute atomic E-state index is 0.133. The second-order valence-electron chi connectivity index (χ2n) is 10.6. The Labute approximate surface area is 199 Å². The summed E-state index contributed by atoms with van der Waals surface area (Å²) in [6.07, 6.45) is 7.45. The number of carbonyl (C=O) groups is 1. The van der Waals surface area contributed by atoms with Crippen LogP contribution >= 0.6 is 0 Å². The van der Waals surface area contributed by atoms with Crippen molar-refractivity contribution in [2.75, 3.05) is 18.4 Å². The Kier molecular flexibility index (Phi) is 4.80. The second kappa shape index (κ2) is 7.55. The highest BCUT2D eigenvalue weighted by atomic mass is 16.3. The summed E-state index contributed by atoms with van der Waals surface area (Å²) in [5, 5.41) is 36.9. The number of rotatable bonds is 4. The van der Waals surface area contributed by atoms with Crippen LogP contribution in [0.25, 0.3) is 0 Å². The maximum absolute atomic E-state index is 13.2. The molecule has 6 rings (SSSR count). The van der Waals surface area contributed by atoms with Gasteiger partial charge in [0.25, 0.3) is 5.91 Å². The fourth-order valence-electron chi connectivity index (χ4n) is 6.99. The number of carbonyl (C=O) groups excluding carboxylic acids is 1. The number of amides is 1. The van der Waals surface area contributed by atoms with Gasteiger partial charge >= 0.3 is 0 Å². The maximum Gasteiger partial charge on any atom is 0.252 e. The third-order valence-corrected chi connectivity index (χ3v) is 8.74.